The second-order valence-electron chi connectivity index (χ2n) is 6.55. The van der Waals surface area contributed by atoms with Crippen molar-refractivity contribution in [3.05, 3.63) is 0 Å². The smallest absolute Gasteiger partial charge is 0.410 e. The Balaban J connectivity index is 2.46. The van der Waals surface area contributed by atoms with Crippen molar-refractivity contribution < 1.29 is 19.4 Å². The van der Waals surface area contributed by atoms with Gasteiger partial charge < -0.3 is 20.1 Å². The maximum absolute atomic E-state index is 12.2. The normalized spacial score (nSPS) is 22.7. The molecule has 0 aromatic rings. The lowest BCUT2D eigenvalue weighted by molar-refractivity contribution is -0.136. The van der Waals surface area contributed by atoms with Crippen LogP contribution < -0.4 is 5.32 Å². The second-order valence-corrected chi connectivity index (χ2v) is 6.55. The summed E-state index contributed by atoms with van der Waals surface area (Å²) in [5, 5.41) is 11.7. The van der Waals surface area contributed by atoms with Gasteiger partial charge in [-0.3, -0.25) is 4.79 Å². The molecule has 2 N–H and O–H groups in total. The highest BCUT2D eigenvalue weighted by Crippen LogP contribution is 2.24. The molecule has 1 aliphatic carbocycles. The molecule has 1 saturated carbocycles. The first-order valence-electron chi connectivity index (χ1n) is 7.67. The number of hydrogen-bond donors (Lipinski definition) is 2. The van der Waals surface area contributed by atoms with Gasteiger partial charge in [-0.05, 0) is 53.4 Å². The minimum Gasteiger partial charge on any atom is -0.480 e. The van der Waals surface area contributed by atoms with Crippen LogP contribution in [0.5, 0.6) is 0 Å². The molecule has 0 aromatic carbocycles. The number of carbonyl (C=O) groups is 2. The van der Waals surface area contributed by atoms with Crippen LogP contribution in [0.3, 0.4) is 0 Å². The lowest BCUT2D eigenvalue weighted by atomic mass is 9.90. The van der Waals surface area contributed by atoms with Gasteiger partial charge in [0.05, 0.1) is 6.54 Å². The number of amides is 1. The van der Waals surface area contributed by atoms with E-state index in [1.165, 1.54) is 0 Å². The van der Waals surface area contributed by atoms with Crippen LogP contribution in [0.15, 0.2) is 0 Å². The molecule has 0 saturated heterocycles. The molecule has 122 valence electrons. The first-order chi connectivity index (χ1) is 9.73. The average molecular weight is 300 g/mol. The van der Waals surface area contributed by atoms with Gasteiger partial charge in [0, 0.05) is 18.6 Å². The molecule has 0 aromatic heterocycles. The van der Waals surface area contributed by atoms with Crippen LogP contribution >= 0.6 is 0 Å². The van der Waals surface area contributed by atoms with E-state index in [4.69, 9.17) is 9.84 Å². The zero-order valence-corrected chi connectivity index (χ0v) is 13.5. The van der Waals surface area contributed by atoms with Crippen molar-refractivity contribution in [3.63, 3.8) is 0 Å². The zero-order chi connectivity index (χ0) is 16.0. The number of carbonyl (C=O) groups excluding carboxylic acids is 1. The van der Waals surface area contributed by atoms with Gasteiger partial charge in [0.2, 0.25) is 0 Å². The molecule has 0 spiro atoms. The zero-order valence-electron chi connectivity index (χ0n) is 13.5. The Morgan fingerprint density at radius 2 is 1.81 bits per heavy atom. The number of ether oxygens (including phenoxy) is 1. The molecule has 1 aliphatic rings. The van der Waals surface area contributed by atoms with Crippen LogP contribution in [-0.4, -0.2) is 52.8 Å². The molecule has 0 bridgehead atoms. The lowest BCUT2D eigenvalue weighted by Gasteiger charge is -2.37. The first-order valence-corrected chi connectivity index (χ1v) is 7.67. The van der Waals surface area contributed by atoms with E-state index in [1.807, 2.05) is 27.7 Å². The third-order valence-corrected chi connectivity index (χ3v) is 3.65. The minimum absolute atomic E-state index is 0.00110. The molecule has 0 atom stereocenters. The summed E-state index contributed by atoms with van der Waals surface area (Å²) >= 11 is 0. The van der Waals surface area contributed by atoms with Crippen LogP contribution in [0.25, 0.3) is 0 Å². The highest BCUT2D eigenvalue weighted by Gasteiger charge is 2.30. The quantitative estimate of drug-likeness (QED) is 0.814. The SMILES string of the molecule is CCN(C(=O)OC(C)(C)C)C1CCC(NCC(=O)O)CC1. The number of hydrogen-bond acceptors (Lipinski definition) is 4. The summed E-state index contributed by atoms with van der Waals surface area (Å²) in [7, 11) is 0. The van der Waals surface area contributed by atoms with E-state index in [9.17, 15) is 9.59 Å². The van der Waals surface area contributed by atoms with Crippen molar-refractivity contribution in [3.8, 4) is 0 Å². The van der Waals surface area contributed by atoms with Crippen LogP contribution in [0.4, 0.5) is 4.79 Å². The van der Waals surface area contributed by atoms with Gasteiger partial charge in [0.25, 0.3) is 0 Å². The molecule has 21 heavy (non-hydrogen) atoms. The molecule has 1 amide bonds. The summed E-state index contributed by atoms with van der Waals surface area (Å²) in [5.41, 5.74) is -0.481. The highest BCUT2D eigenvalue weighted by atomic mass is 16.6. The number of rotatable bonds is 5. The standard InChI is InChI=1S/C15H28N2O4/c1-5-17(14(20)21-15(2,3)4)12-8-6-11(7-9-12)16-10-13(18)19/h11-12,16H,5-10H2,1-4H3,(H,18,19). The van der Waals surface area contributed by atoms with E-state index in [-0.39, 0.29) is 24.7 Å². The number of aliphatic carboxylic acids is 1. The maximum Gasteiger partial charge on any atom is 0.410 e. The fraction of sp³-hybridized carbons (Fsp3) is 0.867. The van der Waals surface area contributed by atoms with Gasteiger partial charge in [-0.2, -0.15) is 0 Å². The van der Waals surface area contributed by atoms with Gasteiger partial charge >= 0.3 is 12.1 Å². The third kappa shape index (κ3) is 6.33. The Kier molecular flexibility index (Phi) is 6.45. The molecule has 6 heteroatoms. The van der Waals surface area contributed by atoms with Gasteiger partial charge in [0.15, 0.2) is 0 Å². The van der Waals surface area contributed by atoms with Gasteiger partial charge in [-0.1, -0.05) is 0 Å². The molecular formula is C15H28N2O4. The highest BCUT2D eigenvalue weighted by molar-refractivity contribution is 5.69. The summed E-state index contributed by atoms with van der Waals surface area (Å²) in [6, 6.07) is 0.419. The van der Waals surface area contributed by atoms with Crippen molar-refractivity contribution in [2.75, 3.05) is 13.1 Å². The molecule has 0 radical (unpaired) electrons. The number of nitrogens with one attached hydrogen (secondary N) is 1. The molecule has 0 heterocycles. The Morgan fingerprint density at radius 1 is 1.24 bits per heavy atom. The van der Waals surface area contributed by atoms with E-state index >= 15 is 0 Å². The Morgan fingerprint density at radius 3 is 2.24 bits per heavy atom. The molecule has 0 unspecified atom stereocenters. The van der Waals surface area contributed by atoms with E-state index in [0.717, 1.165) is 25.7 Å². The van der Waals surface area contributed by atoms with Crippen molar-refractivity contribution >= 4 is 12.1 Å². The summed E-state index contributed by atoms with van der Waals surface area (Å²) < 4.78 is 5.44. The maximum atomic E-state index is 12.2. The summed E-state index contributed by atoms with van der Waals surface area (Å²) in [4.78, 5) is 24.5. The third-order valence-electron chi connectivity index (χ3n) is 3.65. The van der Waals surface area contributed by atoms with Gasteiger partial charge in [-0.25, -0.2) is 4.79 Å². The van der Waals surface area contributed by atoms with Crippen LogP contribution in [0.1, 0.15) is 53.4 Å². The summed E-state index contributed by atoms with van der Waals surface area (Å²) in [5.74, 6) is -0.832. The Hall–Kier alpha value is -1.30. The predicted molar refractivity (Wildman–Crippen MR) is 80.3 cm³/mol. The van der Waals surface area contributed by atoms with Crippen molar-refractivity contribution in [2.45, 2.75) is 71.1 Å². The fourth-order valence-corrected chi connectivity index (χ4v) is 2.68. The van der Waals surface area contributed by atoms with Crippen molar-refractivity contribution in [1.29, 1.82) is 0 Å². The number of carboxylic acid groups (broad SMARTS) is 1. The first kappa shape index (κ1) is 17.8. The fourth-order valence-electron chi connectivity index (χ4n) is 2.68. The van der Waals surface area contributed by atoms with E-state index in [2.05, 4.69) is 5.32 Å². The minimum atomic E-state index is -0.832. The van der Waals surface area contributed by atoms with E-state index in [1.54, 1.807) is 4.90 Å². The molecule has 1 fully saturated rings. The molecular weight excluding hydrogens is 272 g/mol. The predicted octanol–water partition coefficient (Wildman–Crippen LogP) is 2.23. The Bertz CT molecular complexity index is 357. The molecule has 1 rings (SSSR count). The van der Waals surface area contributed by atoms with E-state index < -0.39 is 11.6 Å². The van der Waals surface area contributed by atoms with Gasteiger partial charge in [-0.15, -0.1) is 0 Å². The second kappa shape index (κ2) is 7.64. The molecule has 0 aliphatic heterocycles. The molecule has 6 nitrogen and oxygen atoms in total. The monoisotopic (exact) mass is 300 g/mol. The van der Waals surface area contributed by atoms with Crippen molar-refractivity contribution in [1.82, 2.24) is 10.2 Å². The van der Waals surface area contributed by atoms with Gasteiger partial charge in [0.1, 0.15) is 5.60 Å². The lowest BCUT2D eigenvalue weighted by Crippen LogP contribution is -2.47. The summed E-state index contributed by atoms with van der Waals surface area (Å²) in [6.45, 7) is 8.19. The number of carboxylic acids is 1. The average Bonchev–Trinajstić information content (AvgIpc) is 2.36. The van der Waals surface area contributed by atoms with E-state index in [0.29, 0.717) is 6.54 Å². The van der Waals surface area contributed by atoms with Crippen LogP contribution in [-0.2, 0) is 9.53 Å². The number of nitrogens with zero attached hydrogens (tertiary/aromatic N) is 1. The summed E-state index contributed by atoms with van der Waals surface area (Å²) in [6.07, 6.45) is 3.27. The van der Waals surface area contributed by atoms with Crippen molar-refractivity contribution in [2.24, 2.45) is 0 Å². The topological polar surface area (TPSA) is 78.9 Å². The Labute approximate surface area is 126 Å². The largest absolute Gasteiger partial charge is 0.480 e. The van der Waals surface area contributed by atoms with Crippen LogP contribution in [0, 0.1) is 0 Å². The van der Waals surface area contributed by atoms with Crippen LogP contribution in [0.2, 0.25) is 0 Å².